The number of nitrogens with zero attached hydrogens (tertiary/aromatic N) is 2. The van der Waals surface area contributed by atoms with E-state index in [-0.39, 0.29) is 18.2 Å². The zero-order valence-corrected chi connectivity index (χ0v) is 18.4. The molecule has 1 heterocycles. The second kappa shape index (κ2) is 10.2. The number of carbonyl (C=O) groups excluding carboxylic acids is 2. The lowest BCUT2D eigenvalue weighted by Gasteiger charge is -2.16. The minimum atomic E-state index is -0.545. The number of amidine groups is 1. The van der Waals surface area contributed by atoms with Gasteiger partial charge in [-0.15, -0.1) is 0 Å². The first-order chi connectivity index (χ1) is 15.6. The van der Waals surface area contributed by atoms with Crippen LogP contribution in [0.4, 0.5) is 11.4 Å². The molecule has 1 aliphatic rings. The van der Waals surface area contributed by atoms with Gasteiger partial charge in [0.05, 0.1) is 25.0 Å². The number of thioether (sulfide) groups is 1. The molecule has 4 rings (SSSR count). The highest BCUT2D eigenvalue weighted by molar-refractivity contribution is 8.15. The summed E-state index contributed by atoms with van der Waals surface area (Å²) in [6.07, 6.45) is 0.0423. The Morgan fingerprint density at radius 1 is 1.00 bits per heavy atom. The SMILES string of the molecule is COc1ccccc1NC(=O)CC1SC(=Nc2ccccc2)N(Cc2ccccc2)C1=O. The number of hydrogen-bond donors (Lipinski definition) is 1. The van der Waals surface area contributed by atoms with E-state index in [1.807, 2.05) is 72.8 Å². The van der Waals surface area contributed by atoms with Crippen LogP contribution < -0.4 is 10.1 Å². The summed E-state index contributed by atoms with van der Waals surface area (Å²) in [6, 6.07) is 26.5. The van der Waals surface area contributed by atoms with E-state index in [4.69, 9.17) is 4.74 Å². The second-order valence-electron chi connectivity index (χ2n) is 7.20. The third-order valence-electron chi connectivity index (χ3n) is 4.94. The first-order valence-electron chi connectivity index (χ1n) is 10.2. The van der Waals surface area contributed by atoms with Crippen molar-refractivity contribution in [2.45, 2.75) is 18.2 Å². The Balaban J connectivity index is 1.53. The summed E-state index contributed by atoms with van der Waals surface area (Å²) < 4.78 is 5.29. The molecule has 3 aromatic carbocycles. The van der Waals surface area contributed by atoms with E-state index in [1.165, 1.54) is 11.8 Å². The molecule has 0 saturated carbocycles. The Bertz CT molecular complexity index is 1120. The number of methoxy groups -OCH3 is 1. The highest BCUT2D eigenvalue weighted by Crippen LogP contribution is 2.33. The lowest BCUT2D eigenvalue weighted by molar-refractivity contribution is -0.128. The zero-order chi connectivity index (χ0) is 22.3. The molecule has 1 fully saturated rings. The van der Waals surface area contributed by atoms with Crippen molar-refractivity contribution in [3.05, 3.63) is 90.5 Å². The van der Waals surface area contributed by atoms with Crippen LogP contribution in [-0.4, -0.2) is 34.2 Å². The maximum absolute atomic E-state index is 13.2. The Hall–Kier alpha value is -3.58. The summed E-state index contributed by atoms with van der Waals surface area (Å²) in [5, 5.41) is 2.90. The molecule has 6 nitrogen and oxygen atoms in total. The molecule has 1 saturated heterocycles. The molecule has 0 aliphatic carbocycles. The molecule has 0 spiro atoms. The van der Waals surface area contributed by atoms with Crippen LogP contribution in [0, 0.1) is 0 Å². The van der Waals surface area contributed by atoms with Gasteiger partial charge in [-0.25, -0.2) is 4.99 Å². The van der Waals surface area contributed by atoms with Crippen LogP contribution in [0.1, 0.15) is 12.0 Å². The molecular formula is C25H23N3O3S. The molecule has 32 heavy (non-hydrogen) atoms. The number of carbonyl (C=O) groups is 2. The van der Waals surface area contributed by atoms with Gasteiger partial charge in [0.15, 0.2) is 5.17 Å². The van der Waals surface area contributed by atoms with Crippen molar-refractivity contribution >= 4 is 40.1 Å². The van der Waals surface area contributed by atoms with Crippen molar-refractivity contribution in [1.82, 2.24) is 4.90 Å². The van der Waals surface area contributed by atoms with E-state index in [2.05, 4.69) is 10.3 Å². The van der Waals surface area contributed by atoms with Crippen molar-refractivity contribution in [3.8, 4) is 5.75 Å². The van der Waals surface area contributed by atoms with E-state index in [9.17, 15) is 9.59 Å². The Kier molecular flexibility index (Phi) is 6.87. The quantitative estimate of drug-likeness (QED) is 0.564. The van der Waals surface area contributed by atoms with Gasteiger partial charge < -0.3 is 10.1 Å². The van der Waals surface area contributed by atoms with Crippen LogP contribution in [0.5, 0.6) is 5.75 Å². The number of hydrogen-bond acceptors (Lipinski definition) is 5. The predicted molar refractivity (Wildman–Crippen MR) is 128 cm³/mol. The molecule has 0 radical (unpaired) electrons. The Labute approximate surface area is 191 Å². The van der Waals surface area contributed by atoms with E-state index < -0.39 is 5.25 Å². The van der Waals surface area contributed by atoms with Gasteiger partial charge in [0.1, 0.15) is 11.0 Å². The molecular weight excluding hydrogens is 422 g/mol. The topological polar surface area (TPSA) is 71.0 Å². The van der Waals surface area contributed by atoms with Gasteiger partial charge in [0, 0.05) is 6.42 Å². The van der Waals surface area contributed by atoms with Crippen molar-refractivity contribution in [2.75, 3.05) is 12.4 Å². The fourth-order valence-electron chi connectivity index (χ4n) is 3.37. The van der Waals surface area contributed by atoms with E-state index >= 15 is 0 Å². The maximum atomic E-state index is 13.2. The molecule has 1 aliphatic heterocycles. The zero-order valence-electron chi connectivity index (χ0n) is 17.6. The smallest absolute Gasteiger partial charge is 0.242 e. The summed E-state index contributed by atoms with van der Waals surface area (Å²) >= 11 is 1.32. The van der Waals surface area contributed by atoms with Crippen molar-refractivity contribution in [1.29, 1.82) is 0 Å². The van der Waals surface area contributed by atoms with Crippen molar-refractivity contribution in [2.24, 2.45) is 4.99 Å². The molecule has 0 aromatic heterocycles. The lowest BCUT2D eigenvalue weighted by atomic mass is 10.2. The Morgan fingerprint density at radius 2 is 1.66 bits per heavy atom. The molecule has 1 N–H and O–H groups in total. The molecule has 7 heteroatoms. The average Bonchev–Trinajstić information content (AvgIpc) is 3.09. The highest BCUT2D eigenvalue weighted by Gasteiger charge is 2.39. The van der Waals surface area contributed by atoms with Gasteiger partial charge >= 0.3 is 0 Å². The van der Waals surface area contributed by atoms with Gasteiger partial charge in [0.25, 0.3) is 0 Å². The summed E-state index contributed by atoms with van der Waals surface area (Å²) in [6.45, 7) is 0.406. The van der Waals surface area contributed by atoms with E-state index in [0.717, 1.165) is 11.3 Å². The lowest BCUT2D eigenvalue weighted by Crippen LogP contribution is -2.33. The molecule has 1 atom stereocenters. The molecule has 3 aromatic rings. The van der Waals surface area contributed by atoms with Gasteiger partial charge in [-0.05, 0) is 29.8 Å². The van der Waals surface area contributed by atoms with Gasteiger partial charge in [-0.1, -0.05) is 72.4 Å². The summed E-state index contributed by atoms with van der Waals surface area (Å²) in [4.78, 5) is 32.3. The van der Waals surface area contributed by atoms with Crippen molar-refractivity contribution < 1.29 is 14.3 Å². The number of rotatable bonds is 7. The Morgan fingerprint density at radius 3 is 2.38 bits per heavy atom. The normalized spacial score (nSPS) is 16.9. The fourth-order valence-corrected chi connectivity index (χ4v) is 4.52. The first-order valence-corrected chi connectivity index (χ1v) is 11.1. The van der Waals surface area contributed by atoms with E-state index in [1.54, 1.807) is 24.1 Å². The van der Waals surface area contributed by atoms with Crippen LogP contribution in [0.15, 0.2) is 89.9 Å². The summed E-state index contributed by atoms with van der Waals surface area (Å²) in [7, 11) is 1.55. The number of ether oxygens (including phenoxy) is 1. The monoisotopic (exact) mass is 445 g/mol. The number of anilines is 1. The van der Waals surface area contributed by atoms with E-state index in [0.29, 0.717) is 23.1 Å². The predicted octanol–water partition coefficient (Wildman–Crippen LogP) is 4.86. The molecule has 0 bridgehead atoms. The summed E-state index contributed by atoms with van der Waals surface area (Å²) in [5.41, 5.74) is 2.34. The van der Waals surface area contributed by atoms with Crippen LogP contribution in [0.2, 0.25) is 0 Å². The molecule has 1 unspecified atom stereocenters. The standard InChI is InChI=1S/C25H23N3O3S/c1-31-21-15-9-8-14-20(21)27-23(29)16-22-24(30)28(17-18-10-4-2-5-11-18)25(32-22)26-19-12-6-3-7-13-19/h2-15,22H,16-17H2,1H3,(H,27,29). The van der Waals surface area contributed by atoms with Crippen molar-refractivity contribution in [3.63, 3.8) is 0 Å². The number of amides is 2. The maximum Gasteiger partial charge on any atom is 0.242 e. The number of aliphatic imine (C=N–C) groups is 1. The third-order valence-corrected chi connectivity index (χ3v) is 6.11. The molecule has 162 valence electrons. The minimum absolute atomic E-state index is 0.0423. The number of para-hydroxylation sites is 3. The second-order valence-corrected chi connectivity index (χ2v) is 8.37. The van der Waals surface area contributed by atoms with Crippen LogP contribution in [0.3, 0.4) is 0 Å². The fraction of sp³-hybridized carbons (Fsp3) is 0.160. The minimum Gasteiger partial charge on any atom is -0.495 e. The van der Waals surface area contributed by atoms with Crippen LogP contribution in [-0.2, 0) is 16.1 Å². The van der Waals surface area contributed by atoms with Gasteiger partial charge in [-0.2, -0.15) is 0 Å². The van der Waals surface area contributed by atoms with Crippen LogP contribution in [0.25, 0.3) is 0 Å². The van der Waals surface area contributed by atoms with Gasteiger partial charge in [0.2, 0.25) is 11.8 Å². The largest absolute Gasteiger partial charge is 0.495 e. The number of nitrogens with one attached hydrogen (secondary N) is 1. The summed E-state index contributed by atoms with van der Waals surface area (Å²) in [5.74, 6) is 0.202. The average molecular weight is 446 g/mol. The number of benzene rings is 3. The highest BCUT2D eigenvalue weighted by atomic mass is 32.2. The van der Waals surface area contributed by atoms with Crippen LogP contribution >= 0.6 is 11.8 Å². The third kappa shape index (κ3) is 5.18. The first kappa shape index (κ1) is 21.6. The molecule has 2 amide bonds. The van der Waals surface area contributed by atoms with Gasteiger partial charge in [-0.3, -0.25) is 14.5 Å².